The number of rotatable bonds is 9. The standard InChI is InChI=1S/C32H56O11S/c1-16(2)25(42-30-29(37)28(36)26(15-41-30)43-44(38,39)40)7-6-17(3)21-14-24(35)27-19-13-23(34)22-12-18(33)8-10-31(22,4)20(19)9-11-32(21,27)5/h16-30,33-37H,6-15H2,1-5H3,(H,38,39,40)/t17-,18+,19?,20?,21-,22?,23+,24+,25?,26-,27?,28+,29-,30+,31-,32-/m1/s1. The van der Waals surface area contributed by atoms with Crippen molar-refractivity contribution in [1.29, 1.82) is 0 Å². The Morgan fingerprint density at radius 1 is 0.864 bits per heavy atom. The van der Waals surface area contributed by atoms with Crippen LogP contribution in [0.2, 0.25) is 0 Å². The Morgan fingerprint density at radius 2 is 1.55 bits per heavy atom. The van der Waals surface area contributed by atoms with Gasteiger partial charge in [-0.1, -0.05) is 34.6 Å². The van der Waals surface area contributed by atoms with Crippen molar-refractivity contribution in [1.82, 2.24) is 0 Å². The lowest BCUT2D eigenvalue weighted by Gasteiger charge is -2.62. The molecule has 44 heavy (non-hydrogen) atoms. The van der Waals surface area contributed by atoms with Crippen LogP contribution in [0.25, 0.3) is 0 Å². The van der Waals surface area contributed by atoms with E-state index in [-0.39, 0.29) is 59.2 Å². The van der Waals surface area contributed by atoms with Gasteiger partial charge in [-0.05, 0) is 110 Å². The Kier molecular flexibility index (Phi) is 10.2. The molecule has 1 saturated heterocycles. The normalized spacial score (nSPS) is 49.2. The van der Waals surface area contributed by atoms with Crippen LogP contribution in [0.15, 0.2) is 0 Å². The van der Waals surface area contributed by atoms with E-state index in [0.29, 0.717) is 31.1 Å². The second-order valence-corrected chi connectivity index (χ2v) is 16.9. The van der Waals surface area contributed by atoms with Crippen LogP contribution in [0.5, 0.6) is 0 Å². The molecule has 0 amide bonds. The number of fused-ring (bicyclic) bond motifs is 5. The zero-order valence-corrected chi connectivity index (χ0v) is 27.7. The molecule has 6 N–H and O–H groups in total. The molecule has 4 saturated carbocycles. The highest BCUT2D eigenvalue weighted by Crippen LogP contribution is 2.68. The fourth-order valence-corrected chi connectivity index (χ4v) is 11.2. The lowest BCUT2D eigenvalue weighted by atomic mass is 9.43. The minimum atomic E-state index is -4.83. The Hall–Kier alpha value is -0.410. The van der Waals surface area contributed by atoms with Gasteiger partial charge in [-0.25, -0.2) is 4.18 Å². The molecule has 0 bridgehead atoms. The molecule has 5 rings (SSSR count). The van der Waals surface area contributed by atoms with Crippen LogP contribution in [0.3, 0.4) is 0 Å². The third kappa shape index (κ3) is 6.51. The molecule has 0 spiro atoms. The quantitative estimate of drug-likeness (QED) is 0.202. The number of aliphatic hydroxyl groups excluding tert-OH is 5. The van der Waals surface area contributed by atoms with Crippen LogP contribution in [-0.2, 0) is 24.1 Å². The maximum absolute atomic E-state index is 11.6. The van der Waals surface area contributed by atoms with Crippen molar-refractivity contribution in [3.63, 3.8) is 0 Å². The zero-order valence-electron chi connectivity index (χ0n) is 26.9. The molecule has 0 aromatic carbocycles. The Morgan fingerprint density at radius 3 is 2.20 bits per heavy atom. The lowest BCUT2D eigenvalue weighted by Crippen LogP contribution is -2.59. The van der Waals surface area contributed by atoms with E-state index in [0.717, 1.165) is 38.5 Å². The van der Waals surface area contributed by atoms with Crippen LogP contribution < -0.4 is 0 Å². The minimum Gasteiger partial charge on any atom is -0.393 e. The maximum Gasteiger partial charge on any atom is 0.397 e. The second-order valence-electron chi connectivity index (χ2n) is 15.8. The van der Waals surface area contributed by atoms with E-state index >= 15 is 0 Å². The largest absolute Gasteiger partial charge is 0.397 e. The Bertz CT molecular complexity index is 1100. The highest BCUT2D eigenvalue weighted by Gasteiger charge is 2.64. The first-order valence-electron chi connectivity index (χ1n) is 16.8. The van der Waals surface area contributed by atoms with Gasteiger partial charge in [0.1, 0.15) is 18.3 Å². The van der Waals surface area contributed by atoms with Crippen LogP contribution in [0.1, 0.15) is 92.4 Å². The van der Waals surface area contributed by atoms with Crippen molar-refractivity contribution >= 4 is 10.4 Å². The maximum atomic E-state index is 11.6. The number of ether oxygens (including phenoxy) is 2. The molecule has 0 radical (unpaired) electrons. The van der Waals surface area contributed by atoms with E-state index < -0.39 is 47.2 Å². The minimum absolute atomic E-state index is 0.00797. The van der Waals surface area contributed by atoms with Crippen LogP contribution in [-0.4, -0.2) is 94.1 Å². The van der Waals surface area contributed by atoms with Gasteiger partial charge in [0.2, 0.25) is 0 Å². The van der Waals surface area contributed by atoms with Gasteiger partial charge in [0.05, 0.1) is 31.0 Å². The summed E-state index contributed by atoms with van der Waals surface area (Å²) in [5.74, 6) is 1.64. The summed E-state index contributed by atoms with van der Waals surface area (Å²) in [6, 6.07) is 0. The van der Waals surface area contributed by atoms with E-state index in [2.05, 4.69) is 25.0 Å². The van der Waals surface area contributed by atoms with Gasteiger partial charge in [0.25, 0.3) is 0 Å². The lowest BCUT2D eigenvalue weighted by molar-refractivity contribution is -0.283. The Labute approximate surface area is 262 Å². The van der Waals surface area contributed by atoms with E-state index in [4.69, 9.17) is 14.0 Å². The van der Waals surface area contributed by atoms with Crippen LogP contribution in [0, 0.1) is 52.3 Å². The molecule has 0 aromatic rings. The molecule has 256 valence electrons. The first kappa shape index (κ1) is 34.9. The van der Waals surface area contributed by atoms with Crippen molar-refractivity contribution in [3.8, 4) is 0 Å². The van der Waals surface area contributed by atoms with E-state index in [1.807, 2.05) is 13.8 Å². The van der Waals surface area contributed by atoms with Crippen molar-refractivity contribution in [3.05, 3.63) is 0 Å². The Balaban J connectivity index is 1.23. The summed E-state index contributed by atoms with van der Waals surface area (Å²) in [6.07, 6.45) is 0.152. The van der Waals surface area contributed by atoms with Gasteiger partial charge in [0.15, 0.2) is 6.29 Å². The molecule has 12 heteroatoms. The third-order valence-electron chi connectivity index (χ3n) is 13.0. The summed E-state index contributed by atoms with van der Waals surface area (Å²) in [7, 11) is -4.83. The summed E-state index contributed by atoms with van der Waals surface area (Å²) < 4.78 is 47.2. The molecule has 0 aromatic heterocycles. The fourth-order valence-electron chi connectivity index (χ4n) is 10.8. The van der Waals surface area contributed by atoms with Gasteiger partial charge in [-0.15, -0.1) is 0 Å². The molecule has 1 aliphatic heterocycles. The van der Waals surface area contributed by atoms with Crippen LogP contribution >= 0.6 is 0 Å². The highest BCUT2D eigenvalue weighted by atomic mass is 32.3. The number of hydrogen-bond acceptors (Lipinski definition) is 10. The van der Waals surface area contributed by atoms with Gasteiger partial charge < -0.3 is 35.0 Å². The average molecular weight is 649 g/mol. The zero-order chi connectivity index (χ0) is 32.4. The van der Waals surface area contributed by atoms with Gasteiger partial charge >= 0.3 is 10.4 Å². The predicted molar refractivity (Wildman–Crippen MR) is 160 cm³/mol. The topological polar surface area (TPSA) is 183 Å². The second kappa shape index (κ2) is 12.9. The van der Waals surface area contributed by atoms with Crippen LogP contribution in [0.4, 0.5) is 0 Å². The molecule has 5 aliphatic rings. The summed E-state index contributed by atoms with van der Waals surface area (Å²) >= 11 is 0. The average Bonchev–Trinajstić information content (AvgIpc) is 3.21. The van der Waals surface area contributed by atoms with Crippen molar-refractivity contribution < 1.29 is 52.2 Å². The van der Waals surface area contributed by atoms with Gasteiger partial charge in [-0.2, -0.15) is 8.42 Å². The van der Waals surface area contributed by atoms with Crippen molar-refractivity contribution in [2.75, 3.05) is 6.61 Å². The highest BCUT2D eigenvalue weighted by molar-refractivity contribution is 7.80. The monoisotopic (exact) mass is 648 g/mol. The number of aliphatic hydroxyl groups is 5. The first-order chi connectivity index (χ1) is 20.5. The predicted octanol–water partition coefficient (Wildman–Crippen LogP) is 2.67. The molecular weight excluding hydrogens is 592 g/mol. The van der Waals surface area contributed by atoms with E-state index in [1.165, 1.54) is 0 Å². The molecule has 1 heterocycles. The van der Waals surface area contributed by atoms with E-state index in [9.17, 15) is 34.0 Å². The smallest absolute Gasteiger partial charge is 0.393 e. The molecule has 5 unspecified atom stereocenters. The molecule has 4 aliphatic carbocycles. The molecule has 5 fully saturated rings. The SMILES string of the molecule is CC(C)C(CC[C@@H](C)[C@H]1C[C@H](O)C2C3C[C@H](O)C4C[C@@H](O)CC[C@]4(C)C3CC[C@@]21C)O[C@@H]1OC[C@@H](OS(=O)(=O)O)[C@H](O)[C@H]1O. The van der Waals surface area contributed by atoms with Crippen molar-refractivity contribution in [2.45, 2.75) is 141 Å². The van der Waals surface area contributed by atoms with Gasteiger partial charge in [0, 0.05) is 0 Å². The van der Waals surface area contributed by atoms with E-state index in [1.54, 1.807) is 0 Å². The fraction of sp³-hybridized carbons (Fsp3) is 1.00. The first-order valence-corrected chi connectivity index (χ1v) is 18.2. The number of hydrogen-bond donors (Lipinski definition) is 6. The summed E-state index contributed by atoms with van der Waals surface area (Å²) in [5, 5.41) is 54.3. The van der Waals surface area contributed by atoms with Gasteiger partial charge in [-0.3, -0.25) is 4.55 Å². The summed E-state index contributed by atoms with van der Waals surface area (Å²) in [4.78, 5) is 0. The molecule has 16 atom stereocenters. The van der Waals surface area contributed by atoms with Crippen molar-refractivity contribution in [2.24, 2.45) is 52.3 Å². The summed E-state index contributed by atoms with van der Waals surface area (Å²) in [6.45, 7) is 10.6. The summed E-state index contributed by atoms with van der Waals surface area (Å²) in [5.41, 5.74) is -0.0495. The molecular formula is C32H56O11S. The third-order valence-corrected chi connectivity index (χ3v) is 13.5. The molecule has 11 nitrogen and oxygen atoms in total.